The van der Waals surface area contributed by atoms with Crippen molar-refractivity contribution in [1.29, 1.82) is 0 Å². The van der Waals surface area contributed by atoms with Crippen LogP contribution in [0.1, 0.15) is 73.3 Å². The van der Waals surface area contributed by atoms with Gasteiger partial charge in [0.05, 0.1) is 16.1 Å². The second kappa shape index (κ2) is 9.95. The van der Waals surface area contributed by atoms with E-state index >= 15 is 0 Å². The SMILES string of the molecule is O=C(O)C(CC1CCC2(C1)OC(c1ccccc1)C(c1ccccc1)O2)c1ccc(S(=O)(=O)C2CC2)cc1. The van der Waals surface area contributed by atoms with Gasteiger partial charge in [-0.1, -0.05) is 72.8 Å². The van der Waals surface area contributed by atoms with Gasteiger partial charge in [-0.15, -0.1) is 0 Å². The Morgan fingerprint density at radius 3 is 1.89 bits per heavy atom. The molecular weight excluding hydrogens is 500 g/mol. The van der Waals surface area contributed by atoms with Crippen LogP contribution in [0.2, 0.25) is 0 Å². The molecule has 2 saturated carbocycles. The van der Waals surface area contributed by atoms with Crippen LogP contribution in [0, 0.1) is 5.92 Å². The molecule has 198 valence electrons. The van der Waals surface area contributed by atoms with Crippen molar-refractivity contribution in [2.75, 3.05) is 0 Å². The first-order valence-corrected chi connectivity index (χ1v) is 14.9. The second-order valence-electron chi connectivity index (χ2n) is 10.9. The van der Waals surface area contributed by atoms with E-state index in [1.165, 1.54) is 0 Å². The maximum Gasteiger partial charge on any atom is 0.310 e. The van der Waals surface area contributed by atoms with Gasteiger partial charge in [0, 0.05) is 12.8 Å². The summed E-state index contributed by atoms with van der Waals surface area (Å²) < 4.78 is 38.5. The van der Waals surface area contributed by atoms with Gasteiger partial charge in [-0.05, 0) is 60.4 Å². The highest BCUT2D eigenvalue weighted by atomic mass is 32.2. The number of aliphatic carboxylic acids is 1. The molecule has 0 bridgehead atoms. The van der Waals surface area contributed by atoms with Crippen LogP contribution < -0.4 is 0 Å². The van der Waals surface area contributed by atoms with Crippen LogP contribution in [0.3, 0.4) is 0 Å². The highest BCUT2D eigenvalue weighted by molar-refractivity contribution is 7.92. The average molecular weight is 533 g/mol. The number of hydrogen-bond acceptors (Lipinski definition) is 5. The summed E-state index contributed by atoms with van der Waals surface area (Å²) in [5.41, 5.74) is 2.75. The molecule has 4 atom stereocenters. The molecule has 6 nitrogen and oxygen atoms in total. The third-order valence-corrected chi connectivity index (χ3v) is 10.5. The molecular formula is C31H32O6S. The second-order valence-corrected chi connectivity index (χ2v) is 13.1. The Balaban J connectivity index is 1.19. The summed E-state index contributed by atoms with van der Waals surface area (Å²) in [6.07, 6.45) is 3.50. The first-order chi connectivity index (χ1) is 18.3. The number of carboxylic acid groups (broad SMARTS) is 1. The van der Waals surface area contributed by atoms with Crippen LogP contribution in [0.25, 0.3) is 0 Å². The smallest absolute Gasteiger partial charge is 0.310 e. The van der Waals surface area contributed by atoms with Crippen molar-refractivity contribution in [1.82, 2.24) is 0 Å². The van der Waals surface area contributed by atoms with Crippen LogP contribution in [0.5, 0.6) is 0 Å². The fourth-order valence-corrected chi connectivity index (χ4v) is 7.70. The molecule has 0 amide bonds. The standard InChI is InChI=1S/C31H32O6S/c32-30(33)27(22-11-13-25(14-12-22)38(34,35)26-15-16-26)19-21-17-18-31(20-21)36-28(23-7-3-1-4-8-23)29(37-31)24-9-5-2-6-10-24/h1-14,21,26-29H,15-20H2,(H,32,33). The lowest BCUT2D eigenvalue weighted by molar-refractivity contribution is -0.173. The quantitative estimate of drug-likeness (QED) is 0.371. The zero-order valence-corrected chi connectivity index (χ0v) is 21.9. The van der Waals surface area contributed by atoms with E-state index in [1.807, 2.05) is 36.4 Å². The summed E-state index contributed by atoms with van der Waals surface area (Å²) in [6.45, 7) is 0. The van der Waals surface area contributed by atoms with Crippen molar-refractivity contribution in [3.05, 3.63) is 102 Å². The molecule has 4 unspecified atom stereocenters. The van der Waals surface area contributed by atoms with Crippen molar-refractivity contribution in [3.8, 4) is 0 Å². The Kier molecular flexibility index (Phi) is 6.62. The van der Waals surface area contributed by atoms with Gasteiger partial charge in [0.2, 0.25) is 0 Å². The van der Waals surface area contributed by atoms with Gasteiger partial charge in [-0.25, -0.2) is 8.42 Å². The van der Waals surface area contributed by atoms with Crippen molar-refractivity contribution in [2.24, 2.45) is 5.92 Å². The van der Waals surface area contributed by atoms with Gasteiger partial charge in [0.1, 0.15) is 12.2 Å². The van der Waals surface area contributed by atoms with Crippen LogP contribution in [0.15, 0.2) is 89.8 Å². The molecule has 0 aromatic heterocycles. The largest absolute Gasteiger partial charge is 0.481 e. The lowest BCUT2D eigenvalue weighted by Gasteiger charge is -2.24. The van der Waals surface area contributed by atoms with Crippen molar-refractivity contribution < 1.29 is 27.8 Å². The first kappa shape index (κ1) is 25.3. The molecule has 1 heterocycles. The van der Waals surface area contributed by atoms with Crippen molar-refractivity contribution in [2.45, 2.75) is 72.6 Å². The van der Waals surface area contributed by atoms with Gasteiger partial charge in [0.25, 0.3) is 0 Å². The van der Waals surface area contributed by atoms with Crippen LogP contribution in [-0.2, 0) is 24.1 Å². The zero-order chi connectivity index (χ0) is 26.3. The number of carboxylic acids is 1. The van der Waals surface area contributed by atoms with E-state index in [2.05, 4.69) is 24.3 Å². The van der Waals surface area contributed by atoms with Crippen LogP contribution in [-0.4, -0.2) is 30.5 Å². The van der Waals surface area contributed by atoms with E-state index in [4.69, 9.17) is 9.47 Å². The fourth-order valence-electron chi connectivity index (χ4n) is 6.04. The highest BCUT2D eigenvalue weighted by Gasteiger charge is 2.52. The van der Waals surface area contributed by atoms with E-state index in [0.29, 0.717) is 37.7 Å². The van der Waals surface area contributed by atoms with Crippen LogP contribution >= 0.6 is 0 Å². The minimum absolute atomic E-state index is 0.108. The third-order valence-electron chi connectivity index (χ3n) is 8.19. The molecule has 38 heavy (non-hydrogen) atoms. The topological polar surface area (TPSA) is 89.9 Å². The Morgan fingerprint density at radius 1 is 0.842 bits per heavy atom. The fraction of sp³-hybridized carbons (Fsp3) is 0.387. The molecule has 1 N–H and O–H groups in total. The summed E-state index contributed by atoms with van der Waals surface area (Å²) in [5.74, 6) is -2.26. The summed E-state index contributed by atoms with van der Waals surface area (Å²) in [5, 5.41) is 9.78. The van der Waals surface area contributed by atoms with Gasteiger partial charge in [0.15, 0.2) is 15.6 Å². The highest BCUT2D eigenvalue weighted by Crippen LogP contribution is 2.55. The zero-order valence-electron chi connectivity index (χ0n) is 21.1. The number of benzene rings is 3. The lowest BCUT2D eigenvalue weighted by Crippen LogP contribution is -2.27. The number of sulfone groups is 1. The Morgan fingerprint density at radius 2 is 1.39 bits per heavy atom. The third kappa shape index (κ3) is 4.91. The number of rotatable bonds is 8. The average Bonchev–Trinajstić information content (AvgIpc) is 3.65. The van der Waals surface area contributed by atoms with Gasteiger partial charge in [-0.2, -0.15) is 0 Å². The predicted molar refractivity (Wildman–Crippen MR) is 142 cm³/mol. The molecule has 3 aromatic rings. The van der Waals surface area contributed by atoms with E-state index in [-0.39, 0.29) is 28.3 Å². The molecule has 2 aliphatic carbocycles. The molecule has 1 saturated heterocycles. The molecule has 7 heteroatoms. The molecule has 3 fully saturated rings. The normalized spacial score (nSPS) is 27.9. The number of ether oxygens (including phenoxy) is 2. The van der Waals surface area contributed by atoms with Gasteiger partial charge >= 0.3 is 5.97 Å². The molecule has 3 aromatic carbocycles. The summed E-state index contributed by atoms with van der Waals surface area (Å²) >= 11 is 0. The molecule has 0 radical (unpaired) electrons. The summed E-state index contributed by atoms with van der Waals surface area (Å²) in [7, 11) is -3.30. The van der Waals surface area contributed by atoms with Crippen molar-refractivity contribution >= 4 is 15.8 Å². The summed E-state index contributed by atoms with van der Waals surface area (Å²) in [4.78, 5) is 12.6. The first-order valence-electron chi connectivity index (χ1n) is 13.4. The van der Waals surface area contributed by atoms with E-state index in [0.717, 1.165) is 17.5 Å². The lowest BCUT2D eigenvalue weighted by atomic mass is 9.88. The number of hydrogen-bond donors (Lipinski definition) is 1. The molecule has 1 spiro atoms. The molecule has 6 rings (SSSR count). The Hall–Kier alpha value is -3.00. The monoisotopic (exact) mass is 532 g/mol. The van der Waals surface area contributed by atoms with Crippen molar-refractivity contribution in [3.63, 3.8) is 0 Å². The maximum atomic E-state index is 12.5. The van der Waals surface area contributed by atoms with Gasteiger partial charge in [-0.3, -0.25) is 4.79 Å². The Bertz CT molecular complexity index is 1340. The Labute approximate surface area is 223 Å². The predicted octanol–water partition coefficient (Wildman–Crippen LogP) is 6.21. The van der Waals surface area contributed by atoms with E-state index < -0.39 is 27.5 Å². The minimum Gasteiger partial charge on any atom is -0.481 e. The molecule has 3 aliphatic rings. The number of carbonyl (C=O) groups is 1. The minimum atomic E-state index is -3.30. The van der Waals surface area contributed by atoms with Gasteiger partial charge < -0.3 is 14.6 Å². The van der Waals surface area contributed by atoms with Crippen LogP contribution in [0.4, 0.5) is 0 Å². The van der Waals surface area contributed by atoms with E-state index in [9.17, 15) is 18.3 Å². The van der Waals surface area contributed by atoms with E-state index in [1.54, 1.807) is 24.3 Å². The summed E-state index contributed by atoms with van der Waals surface area (Å²) in [6, 6.07) is 26.7. The maximum absolute atomic E-state index is 12.5. The molecule has 1 aliphatic heterocycles.